The molecule has 1 saturated carbocycles. The first-order valence-electron chi connectivity index (χ1n) is 9.70. The van der Waals surface area contributed by atoms with E-state index in [4.69, 9.17) is 0 Å². The van der Waals surface area contributed by atoms with Crippen molar-refractivity contribution in [1.29, 1.82) is 0 Å². The smallest absolute Gasteiger partial charge is 0.277 e. The number of tetrazole rings is 1. The van der Waals surface area contributed by atoms with Gasteiger partial charge in [-0.2, -0.15) is 0 Å². The Bertz CT molecular complexity index is 1290. The van der Waals surface area contributed by atoms with Crippen molar-refractivity contribution in [1.82, 2.24) is 35.2 Å². The third kappa shape index (κ3) is 3.54. The van der Waals surface area contributed by atoms with E-state index in [2.05, 4.69) is 31.2 Å². The standard InChI is InChI=1S/C20H18N8O2/c29-18(10-11-27-20(30)16-6-1-2-7-17(16)22-25-27)21-14-5-3-4-13(12-14)19-23-24-26-28(19)15-8-9-15/h1-7,12,15H,8-11H2,(H,21,29). The van der Waals surface area contributed by atoms with E-state index in [1.54, 1.807) is 30.3 Å². The summed E-state index contributed by atoms with van der Waals surface area (Å²) < 4.78 is 3.04. The number of nitrogens with one attached hydrogen (secondary N) is 1. The van der Waals surface area contributed by atoms with Crippen molar-refractivity contribution in [3.05, 3.63) is 58.9 Å². The zero-order valence-corrected chi connectivity index (χ0v) is 16.0. The molecule has 4 aromatic rings. The molecule has 2 aromatic carbocycles. The number of nitrogens with zero attached hydrogens (tertiary/aromatic N) is 7. The van der Waals surface area contributed by atoms with Crippen LogP contribution < -0.4 is 10.9 Å². The Hall–Kier alpha value is -3.95. The van der Waals surface area contributed by atoms with E-state index in [-0.39, 0.29) is 24.4 Å². The zero-order chi connectivity index (χ0) is 20.5. The summed E-state index contributed by atoms with van der Waals surface area (Å²) in [6, 6.07) is 14.7. The maximum atomic E-state index is 12.5. The van der Waals surface area contributed by atoms with Crippen molar-refractivity contribution < 1.29 is 4.79 Å². The molecule has 150 valence electrons. The fourth-order valence-electron chi connectivity index (χ4n) is 3.29. The molecule has 2 aromatic heterocycles. The number of fused-ring (bicyclic) bond motifs is 1. The summed E-state index contributed by atoms with van der Waals surface area (Å²) in [6.07, 6.45) is 2.24. The number of carbonyl (C=O) groups excluding carboxylic acids is 1. The highest BCUT2D eigenvalue weighted by atomic mass is 16.2. The third-order valence-corrected chi connectivity index (χ3v) is 4.97. The maximum absolute atomic E-state index is 12.5. The van der Waals surface area contributed by atoms with E-state index in [0.717, 1.165) is 18.4 Å². The number of aryl methyl sites for hydroxylation is 1. The third-order valence-electron chi connectivity index (χ3n) is 4.97. The number of carbonyl (C=O) groups is 1. The van der Waals surface area contributed by atoms with Gasteiger partial charge in [-0.3, -0.25) is 9.59 Å². The molecule has 2 heterocycles. The van der Waals surface area contributed by atoms with E-state index >= 15 is 0 Å². The van der Waals surface area contributed by atoms with Crippen molar-refractivity contribution in [3.8, 4) is 11.4 Å². The number of benzene rings is 2. The summed E-state index contributed by atoms with van der Waals surface area (Å²) in [5.74, 6) is 0.461. The van der Waals surface area contributed by atoms with Crippen molar-refractivity contribution in [3.63, 3.8) is 0 Å². The molecule has 1 aliphatic rings. The van der Waals surface area contributed by atoms with Gasteiger partial charge < -0.3 is 5.32 Å². The lowest BCUT2D eigenvalue weighted by molar-refractivity contribution is -0.116. The molecule has 0 atom stereocenters. The van der Waals surface area contributed by atoms with Gasteiger partial charge in [0.1, 0.15) is 5.52 Å². The first kappa shape index (κ1) is 18.1. The van der Waals surface area contributed by atoms with Gasteiger partial charge in [0.2, 0.25) is 5.91 Å². The molecule has 5 rings (SSSR count). The zero-order valence-electron chi connectivity index (χ0n) is 16.0. The lowest BCUT2D eigenvalue weighted by Crippen LogP contribution is -2.26. The van der Waals surface area contributed by atoms with Crippen LogP contribution in [0.2, 0.25) is 0 Å². The summed E-state index contributed by atoms with van der Waals surface area (Å²) in [7, 11) is 0. The van der Waals surface area contributed by atoms with Crippen LogP contribution in [0.5, 0.6) is 0 Å². The lowest BCUT2D eigenvalue weighted by atomic mass is 10.2. The minimum atomic E-state index is -0.262. The van der Waals surface area contributed by atoms with E-state index < -0.39 is 0 Å². The van der Waals surface area contributed by atoms with Crippen LogP contribution >= 0.6 is 0 Å². The fraction of sp³-hybridized carbons (Fsp3) is 0.250. The van der Waals surface area contributed by atoms with Gasteiger partial charge >= 0.3 is 0 Å². The summed E-state index contributed by atoms with van der Waals surface area (Å²) in [4.78, 5) is 24.9. The Balaban J connectivity index is 1.28. The highest BCUT2D eigenvalue weighted by Gasteiger charge is 2.28. The van der Waals surface area contributed by atoms with Crippen LogP contribution in [0.3, 0.4) is 0 Å². The summed E-state index contributed by atoms with van der Waals surface area (Å²) >= 11 is 0. The van der Waals surface area contributed by atoms with Crippen LogP contribution in [0.15, 0.2) is 53.3 Å². The summed E-state index contributed by atoms with van der Waals surface area (Å²) in [5.41, 5.74) is 1.75. The Morgan fingerprint density at radius 3 is 2.80 bits per heavy atom. The second kappa shape index (κ2) is 7.47. The summed E-state index contributed by atoms with van der Waals surface area (Å²) in [5, 5.41) is 23.2. The number of aromatic nitrogens is 7. The Kier molecular flexibility index (Phi) is 4.51. The first-order chi connectivity index (χ1) is 14.7. The molecule has 0 radical (unpaired) electrons. The van der Waals surface area contributed by atoms with Crippen LogP contribution in [-0.2, 0) is 11.3 Å². The molecular formula is C20H18N8O2. The molecule has 10 heteroatoms. The molecule has 1 N–H and O–H groups in total. The maximum Gasteiger partial charge on any atom is 0.277 e. The molecule has 0 aliphatic heterocycles. The largest absolute Gasteiger partial charge is 0.326 e. The molecular weight excluding hydrogens is 384 g/mol. The van der Waals surface area contributed by atoms with E-state index in [0.29, 0.717) is 28.5 Å². The van der Waals surface area contributed by atoms with Gasteiger partial charge in [-0.1, -0.05) is 29.5 Å². The van der Waals surface area contributed by atoms with Gasteiger partial charge in [-0.05, 0) is 47.5 Å². The lowest BCUT2D eigenvalue weighted by Gasteiger charge is -2.08. The topological polar surface area (TPSA) is 120 Å². The Morgan fingerprint density at radius 2 is 1.93 bits per heavy atom. The van der Waals surface area contributed by atoms with Crippen molar-refractivity contribution in [2.45, 2.75) is 31.8 Å². The number of hydrogen-bond donors (Lipinski definition) is 1. The van der Waals surface area contributed by atoms with Crippen molar-refractivity contribution >= 4 is 22.5 Å². The molecule has 0 saturated heterocycles. The highest BCUT2D eigenvalue weighted by molar-refractivity contribution is 5.91. The van der Waals surface area contributed by atoms with E-state index in [1.165, 1.54) is 4.68 Å². The monoisotopic (exact) mass is 402 g/mol. The molecule has 10 nitrogen and oxygen atoms in total. The molecule has 0 spiro atoms. The Labute approximate surface area is 170 Å². The van der Waals surface area contributed by atoms with Crippen LogP contribution in [0.25, 0.3) is 22.3 Å². The van der Waals surface area contributed by atoms with Gasteiger partial charge in [0.05, 0.1) is 18.0 Å². The van der Waals surface area contributed by atoms with E-state index in [9.17, 15) is 9.59 Å². The number of rotatable bonds is 6. The molecule has 0 bridgehead atoms. The van der Waals surface area contributed by atoms with Crippen LogP contribution in [0, 0.1) is 0 Å². The second-order valence-electron chi connectivity index (χ2n) is 7.19. The minimum absolute atomic E-state index is 0.0942. The van der Waals surface area contributed by atoms with Crippen LogP contribution in [0.1, 0.15) is 25.3 Å². The molecule has 1 aliphatic carbocycles. The van der Waals surface area contributed by atoms with Gasteiger partial charge in [-0.25, -0.2) is 9.36 Å². The van der Waals surface area contributed by atoms with Gasteiger partial charge in [0, 0.05) is 17.7 Å². The van der Waals surface area contributed by atoms with Crippen LogP contribution in [0.4, 0.5) is 5.69 Å². The molecule has 1 amide bonds. The van der Waals surface area contributed by atoms with Gasteiger partial charge in [0.15, 0.2) is 5.82 Å². The van der Waals surface area contributed by atoms with Gasteiger partial charge in [-0.15, -0.1) is 10.2 Å². The molecule has 0 unspecified atom stereocenters. The number of anilines is 1. The first-order valence-corrected chi connectivity index (χ1v) is 9.70. The predicted octanol–water partition coefficient (Wildman–Crippen LogP) is 1.81. The quantitative estimate of drug-likeness (QED) is 0.522. The van der Waals surface area contributed by atoms with Crippen molar-refractivity contribution in [2.75, 3.05) is 5.32 Å². The highest BCUT2D eigenvalue weighted by Crippen LogP contribution is 2.36. The average molecular weight is 402 g/mol. The number of amides is 1. The second-order valence-corrected chi connectivity index (χ2v) is 7.19. The average Bonchev–Trinajstić information content (AvgIpc) is 3.50. The normalized spacial score (nSPS) is 13.5. The Morgan fingerprint density at radius 1 is 1.07 bits per heavy atom. The van der Waals surface area contributed by atoms with Crippen LogP contribution in [-0.4, -0.2) is 41.1 Å². The number of hydrogen-bond acceptors (Lipinski definition) is 7. The minimum Gasteiger partial charge on any atom is -0.326 e. The fourth-order valence-corrected chi connectivity index (χ4v) is 3.29. The molecule has 1 fully saturated rings. The van der Waals surface area contributed by atoms with Crippen molar-refractivity contribution in [2.24, 2.45) is 0 Å². The SMILES string of the molecule is O=C(CCn1nnc2ccccc2c1=O)Nc1cccc(-c2nnnn2C2CC2)c1. The summed E-state index contributed by atoms with van der Waals surface area (Å²) in [6.45, 7) is 0.141. The van der Waals surface area contributed by atoms with Gasteiger partial charge in [0.25, 0.3) is 5.56 Å². The molecule has 30 heavy (non-hydrogen) atoms. The predicted molar refractivity (Wildman–Crippen MR) is 109 cm³/mol. The van der Waals surface area contributed by atoms with E-state index in [1.807, 2.05) is 22.9 Å².